The molecule has 1 aliphatic carbocycles. The molecule has 0 radical (unpaired) electrons. The van der Waals surface area contributed by atoms with E-state index in [-0.39, 0.29) is 0 Å². The summed E-state index contributed by atoms with van der Waals surface area (Å²) in [6.07, 6.45) is 8.24. The predicted molar refractivity (Wildman–Crippen MR) is 88.9 cm³/mol. The monoisotopic (exact) mass is 341 g/mol. The van der Waals surface area contributed by atoms with Gasteiger partial charge >= 0.3 is 0 Å². The third-order valence-electron chi connectivity index (χ3n) is 3.61. The van der Waals surface area contributed by atoms with Crippen LogP contribution in [0.25, 0.3) is 0 Å². The molecule has 0 spiro atoms. The molecule has 0 saturated heterocycles. The Morgan fingerprint density at radius 3 is 2.79 bits per heavy atom. The minimum absolute atomic E-state index is 0.833. The molecular formula is C16H24BrNS. The van der Waals surface area contributed by atoms with Gasteiger partial charge in [-0.3, -0.25) is 0 Å². The highest BCUT2D eigenvalue weighted by atomic mass is 79.9. The molecule has 0 aliphatic heterocycles. The van der Waals surface area contributed by atoms with Crippen LogP contribution in [0.2, 0.25) is 0 Å². The van der Waals surface area contributed by atoms with Crippen LogP contribution in [-0.2, 0) is 6.54 Å². The highest BCUT2D eigenvalue weighted by Crippen LogP contribution is 2.36. The summed E-state index contributed by atoms with van der Waals surface area (Å²) in [5, 5.41) is 4.36. The number of halogens is 1. The molecule has 2 rings (SSSR count). The molecule has 1 nitrogen and oxygen atoms in total. The van der Waals surface area contributed by atoms with Crippen LogP contribution in [0.3, 0.4) is 0 Å². The van der Waals surface area contributed by atoms with Crippen LogP contribution < -0.4 is 5.32 Å². The Labute approximate surface area is 130 Å². The van der Waals surface area contributed by atoms with Crippen molar-refractivity contribution in [3.63, 3.8) is 0 Å². The second-order valence-corrected chi connectivity index (χ2v) is 7.56. The Bertz CT molecular complexity index is 388. The molecule has 3 heteroatoms. The number of thioether (sulfide) groups is 1. The standard InChI is InChI=1S/C16H24BrNS/c1-2-10-18-12-13-11-14(17)8-9-16(13)19-15-6-4-3-5-7-15/h8-9,11,15,18H,2-7,10,12H2,1H3. The van der Waals surface area contributed by atoms with Crippen molar-refractivity contribution in [1.29, 1.82) is 0 Å². The first-order chi connectivity index (χ1) is 9.29. The molecule has 1 aromatic rings. The summed E-state index contributed by atoms with van der Waals surface area (Å²) in [6.45, 7) is 4.30. The third kappa shape index (κ3) is 5.13. The zero-order valence-electron chi connectivity index (χ0n) is 11.8. The summed E-state index contributed by atoms with van der Waals surface area (Å²) in [5.74, 6) is 0. The summed E-state index contributed by atoms with van der Waals surface area (Å²) in [7, 11) is 0. The molecule has 106 valence electrons. The van der Waals surface area contributed by atoms with Crippen molar-refractivity contribution in [1.82, 2.24) is 5.32 Å². The zero-order chi connectivity index (χ0) is 13.5. The number of hydrogen-bond acceptors (Lipinski definition) is 2. The predicted octanol–water partition coefficient (Wildman–Crippen LogP) is 5.37. The molecule has 0 atom stereocenters. The summed E-state index contributed by atoms with van der Waals surface area (Å²) in [5.41, 5.74) is 1.44. The summed E-state index contributed by atoms with van der Waals surface area (Å²) in [4.78, 5) is 1.47. The van der Waals surface area contributed by atoms with Gasteiger partial charge in [-0.05, 0) is 49.6 Å². The maximum absolute atomic E-state index is 3.59. The molecule has 1 aliphatic rings. The SMILES string of the molecule is CCCNCc1cc(Br)ccc1SC1CCCCC1. The van der Waals surface area contributed by atoms with Gasteiger partial charge in [-0.2, -0.15) is 0 Å². The van der Waals surface area contributed by atoms with Gasteiger partial charge in [-0.25, -0.2) is 0 Å². The lowest BCUT2D eigenvalue weighted by Crippen LogP contribution is -2.15. The second-order valence-electron chi connectivity index (χ2n) is 5.31. The Kier molecular flexibility index (Phi) is 6.75. The van der Waals surface area contributed by atoms with Crippen molar-refractivity contribution in [2.24, 2.45) is 0 Å². The molecule has 0 aromatic heterocycles. The van der Waals surface area contributed by atoms with Crippen LogP contribution in [0.1, 0.15) is 51.0 Å². The first-order valence-electron chi connectivity index (χ1n) is 7.45. The molecule has 0 unspecified atom stereocenters. The number of benzene rings is 1. The van der Waals surface area contributed by atoms with Gasteiger partial charge < -0.3 is 5.32 Å². The van der Waals surface area contributed by atoms with E-state index in [0.29, 0.717) is 0 Å². The average molecular weight is 342 g/mol. The van der Waals surface area contributed by atoms with E-state index in [1.165, 1.54) is 53.5 Å². The fourth-order valence-corrected chi connectivity index (χ4v) is 4.33. The van der Waals surface area contributed by atoms with Crippen molar-refractivity contribution in [2.75, 3.05) is 6.54 Å². The first-order valence-corrected chi connectivity index (χ1v) is 9.12. The summed E-state index contributed by atoms with van der Waals surface area (Å²) >= 11 is 5.69. The van der Waals surface area contributed by atoms with Gasteiger partial charge in [0.25, 0.3) is 0 Å². The third-order valence-corrected chi connectivity index (χ3v) is 5.56. The van der Waals surface area contributed by atoms with E-state index >= 15 is 0 Å². The van der Waals surface area contributed by atoms with Gasteiger partial charge in [-0.15, -0.1) is 11.8 Å². The van der Waals surface area contributed by atoms with E-state index in [2.05, 4.69) is 58.1 Å². The van der Waals surface area contributed by atoms with Crippen LogP contribution in [0, 0.1) is 0 Å². The summed E-state index contributed by atoms with van der Waals surface area (Å²) in [6, 6.07) is 6.73. The minimum Gasteiger partial charge on any atom is -0.313 e. The summed E-state index contributed by atoms with van der Waals surface area (Å²) < 4.78 is 1.19. The Morgan fingerprint density at radius 2 is 2.05 bits per heavy atom. The van der Waals surface area contributed by atoms with E-state index in [0.717, 1.165) is 18.3 Å². The highest BCUT2D eigenvalue weighted by Gasteiger charge is 2.16. The first kappa shape index (κ1) is 15.4. The normalized spacial score (nSPS) is 16.7. The van der Waals surface area contributed by atoms with Crippen molar-refractivity contribution >= 4 is 27.7 Å². The van der Waals surface area contributed by atoms with Crippen molar-refractivity contribution in [3.05, 3.63) is 28.2 Å². The Morgan fingerprint density at radius 1 is 1.26 bits per heavy atom. The number of rotatable bonds is 6. The lowest BCUT2D eigenvalue weighted by Gasteiger charge is -2.22. The van der Waals surface area contributed by atoms with Crippen molar-refractivity contribution in [3.8, 4) is 0 Å². The average Bonchev–Trinajstić information content (AvgIpc) is 2.43. The molecule has 19 heavy (non-hydrogen) atoms. The Hall–Kier alpha value is 0.01000. The minimum atomic E-state index is 0.833. The molecule has 0 bridgehead atoms. The molecule has 1 N–H and O–H groups in total. The fourth-order valence-electron chi connectivity index (χ4n) is 2.56. The number of nitrogens with one attached hydrogen (secondary N) is 1. The molecular weight excluding hydrogens is 318 g/mol. The zero-order valence-corrected chi connectivity index (χ0v) is 14.2. The van der Waals surface area contributed by atoms with Crippen LogP contribution in [-0.4, -0.2) is 11.8 Å². The fraction of sp³-hybridized carbons (Fsp3) is 0.625. The van der Waals surface area contributed by atoms with E-state index < -0.39 is 0 Å². The maximum Gasteiger partial charge on any atom is 0.0217 e. The van der Waals surface area contributed by atoms with E-state index in [1.54, 1.807) is 0 Å². The molecule has 1 fully saturated rings. The van der Waals surface area contributed by atoms with Gasteiger partial charge in [0.2, 0.25) is 0 Å². The van der Waals surface area contributed by atoms with Gasteiger partial charge in [0.05, 0.1) is 0 Å². The van der Waals surface area contributed by atoms with Crippen LogP contribution in [0.15, 0.2) is 27.6 Å². The van der Waals surface area contributed by atoms with Gasteiger partial charge in [-0.1, -0.05) is 42.1 Å². The van der Waals surface area contributed by atoms with Crippen molar-refractivity contribution < 1.29 is 0 Å². The highest BCUT2D eigenvalue weighted by molar-refractivity contribution is 9.10. The molecule has 1 aromatic carbocycles. The van der Waals surface area contributed by atoms with Crippen LogP contribution in [0.5, 0.6) is 0 Å². The van der Waals surface area contributed by atoms with Crippen LogP contribution in [0.4, 0.5) is 0 Å². The number of hydrogen-bond donors (Lipinski definition) is 1. The quantitative estimate of drug-likeness (QED) is 0.697. The molecule has 0 amide bonds. The van der Waals surface area contributed by atoms with E-state index in [1.807, 2.05) is 0 Å². The van der Waals surface area contributed by atoms with Crippen LogP contribution >= 0.6 is 27.7 Å². The molecule has 0 heterocycles. The second kappa shape index (κ2) is 8.33. The lowest BCUT2D eigenvalue weighted by atomic mass is 10.0. The van der Waals surface area contributed by atoms with Gasteiger partial charge in [0.1, 0.15) is 0 Å². The topological polar surface area (TPSA) is 12.0 Å². The lowest BCUT2D eigenvalue weighted by molar-refractivity contribution is 0.516. The Balaban J connectivity index is 2.00. The van der Waals surface area contributed by atoms with Gasteiger partial charge in [0.15, 0.2) is 0 Å². The van der Waals surface area contributed by atoms with E-state index in [4.69, 9.17) is 0 Å². The maximum atomic E-state index is 3.59. The van der Waals surface area contributed by atoms with Gasteiger partial charge in [0, 0.05) is 21.2 Å². The molecule has 1 saturated carbocycles. The van der Waals surface area contributed by atoms with E-state index in [9.17, 15) is 0 Å². The van der Waals surface area contributed by atoms with Crippen molar-refractivity contribution in [2.45, 2.75) is 62.1 Å². The largest absolute Gasteiger partial charge is 0.313 e. The smallest absolute Gasteiger partial charge is 0.0217 e.